The third-order valence-corrected chi connectivity index (χ3v) is 4.43. The summed E-state index contributed by atoms with van der Waals surface area (Å²) in [5.41, 5.74) is 5.10. The molecule has 0 saturated carbocycles. The normalized spacial score (nSPS) is 11.0. The molecule has 2 aromatic carbocycles. The van der Waals surface area contributed by atoms with Gasteiger partial charge in [0.05, 0.1) is 12.8 Å². The highest BCUT2D eigenvalue weighted by Crippen LogP contribution is 2.23. The van der Waals surface area contributed by atoms with Gasteiger partial charge in [-0.25, -0.2) is 5.43 Å². The molecule has 0 saturated heterocycles. The minimum atomic E-state index is -0.360. The number of pyridine rings is 1. The summed E-state index contributed by atoms with van der Waals surface area (Å²) in [6.45, 7) is 0.305. The van der Waals surface area contributed by atoms with Gasteiger partial charge < -0.3 is 9.30 Å². The second-order valence-electron chi connectivity index (χ2n) is 6.35. The Morgan fingerprint density at radius 3 is 2.97 bits per heavy atom. The molecule has 0 atom stereocenters. The summed E-state index contributed by atoms with van der Waals surface area (Å²) in [7, 11) is 0. The lowest BCUT2D eigenvalue weighted by Gasteiger charge is -2.07. The smallest absolute Gasteiger partial charge is 0.277 e. The van der Waals surface area contributed by atoms with Crippen LogP contribution in [0.15, 0.2) is 72.1 Å². The molecule has 29 heavy (non-hydrogen) atoms. The Kier molecular flexibility index (Phi) is 5.21. The van der Waals surface area contributed by atoms with E-state index in [2.05, 4.69) is 21.4 Å². The topological polar surface area (TPSA) is 68.5 Å². The molecule has 142 valence electrons. The van der Waals surface area contributed by atoms with E-state index in [4.69, 9.17) is 11.2 Å². The molecule has 4 aromatic rings. The van der Waals surface area contributed by atoms with Gasteiger partial charge in [-0.15, -0.1) is 6.42 Å². The second-order valence-corrected chi connectivity index (χ2v) is 6.35. The van der Waals surface area contributed by atoms with E-state index in [0.717, 1.165) is 21.9 Å². The van der Waals surface area contributed by atoms with Gasteiger partial charge in [0.25, 0.3) is 5.91 Å². The van der Waals surface area contributed by atoms with E-state index >= 15 is 0 Å². The summed E-state index contributed by atoms with van der Waals surface area (Å²) >= 11 is 0. The molecule has 0 spiro atoms. The summed E-state index contributed by atoms with van der Waals surface area (Å²) in [6, 6.07) is 17.3. The van der Waals surface area contributed by atoms with E-state index in [9.17, 15) is 4.79 Å². The van der Waals surface area contributed by atoms with E-state index in [0.29, 0.717) is 17.8 Å². The third kappa shape index (κ3) is 3.94. The standard InChI is InChI=1S/C23H18N4O2/c1-2-13-27-15-18(19-9-3-4-10-20(19)27)14-25-26-22(28)16-29-21-11-5-7-17-8-6-12-24-23(17)21/h1,3-12,14-15H,13,16H2,(H,26,28)/b25-14+. The van der Waals surface area contributed by atoms with Gasteiger partial charge in [-0.05, 0) is 18.2 Å². The van der Waals surface area contributed by atoms with Crippen LogP contribution in [0.1, 0.15) is 5.56 Å². The number of carbonyl (C=O) groups excluding carboxylic acids is 1. The van der Waals surface area contributed by atoms with Gasteiger partial charge >= 0.3 is 0 Å². The molecule has 6 heteroatoms. The average Bonchev–Trinajstić information content (AvgIpc) is 3.10. The Morgan fingerprint density at radius 2 is 2.07 bits per heavy atom. The van der Waals surface area contributed by atoms with Gasteiger partial charge in [-0.1, -0.05) is 42.3 Å². The lowest BCUT2D eigenvalue weighted by molar-refractivity contribution is -0.123. The van der Waals surface area contributed by atoms with Crippen molar-refractivity contribution in [2.45, 2.75) is 6.54 Å². The highest BCUT2D eigenvalue weighted by Gasteiger charge is 2.07. The van der Waals surface area contributed by atoms with E-state index in [1.54, 1.807) is 18.5 Å². The van der Waals surface area contributed by atoms with Crippen LogP contribution in [0.4, 0.5) is 0 Å². The highest BCUT2D eigenvalue weighted by molar-refractivity contribution is 5.99. The first-order chi connectivity index (χ1) is 14.3. The van der Waals surface area contributed by atoms with Crippen LogP contribution in [-0.4, -0.2) is 28.3 Å². The zero-order valence-electron chi connectivity index (χ0n) is 15.6. The van der Waals surface area contributed by atoms with Gasteiger partial charge in [0.1, 0.15) is 11.3 Å². The van der Waals surface area contributed by atoms with Crippen LogP contribution in [0.2, 0.25) is 0 Å². The van der Waals surface area contributed by atoms with Gasteiger partial charge in [0.15, 0.2) is 6.61 Å². The number of aromatic nitrogens is 2. The number of benzene rings is 2. The molecule has 0 unspecified atom stereocenters. The van der Waals surface area contributed by atoms with Crippen molar-refractivity contribution in [3.05, 3.63) is 72.6 Å². The highest BCUT2D eigenvalue weighted by atomic mass is 16.5. The number of hydrazone groups is 1. The van der Waals surface area contributed by atoms with Crippen molar-refractivity contribution in [2.75, 3.05) is 6.61 Å². The Morgan fingerprint density at radius 1 is 1.21 bits per heavy atom. The van der Waals surface area contributed by atoms with Crippen LogP contribution in [-0.2, 0) is 11.3 Å². The molecule has 4 rings (SSSR count). The van der Waals surface area contributed by atoms with Crippen molar-refractivity contribution in [1.82, 2.24) is 15.0 Å². The summed E-state index contributed by atoms with van der Waals surface area (Å²) in [5.74, 6) is 2.83. The van der Waals surface area contributed by atoms with Crippen molar-refractivity contribution in [3.63, 3.8) is 0 Å². The Bertz CT molecular complexity index is 1250. The Hall–Kier alpha value is -4.11. The Labute approximate surface area is 167 Å². The van der Waals surface area contributed by atoms with Gasteiger partial charge in [0.2, 0.25) is 0 Å². The summed E-state index contributed by atoms with van der Waals surface area (Å²) in [4.78, 5) is 16.4. The van der Waals surface area contributed by atoms with Crippen molar-refractivity contribution in [2.24, 2.45) is 5.10 Å². The molecule has 0 bridgehead atoms. The molecule has 0 aliphatic rings. The van der Waals surface area contributed by atoms with Crippen molar-refractivity contribution >= 4 is 33.9 Å². The zero-order chi connectivity index (χ0) is 20.1. The number of carbonyl (C=O) groups is 1. The van der Waals surface area contributed by atoms with Crippen LogP contribution in [0.5, 0.6) is 5.75 Å². The van der Waals surface area contributed by atoms with Crippen LogP contribution >= 0.6 is 0 Å². The van der Waals surface area contributed by atoms with Crippen LogP contribution < -0.4 is 10.2 Å². The third-order valence-electron chi connectivity index (χ3n) is 4.43. The van der Waals surface area contributed by atoms with E-state index in [1.165, 1.54) is 0 Å². The molecule has 0 radical (unpaired) electrons. The number of hydrogen-bond donors (Lipinski definition) is 1. The number of ether oxygens (including phenoxy) is 1. The first-order valence-corrected chi connectivity index (χ1v) is 9.06. The fraction of sp³-hybridized carbons (Fsp3) is 0.0870. The largest absolute Gasteiger partial charge is 0.481 e. The Balaban J connectivity index is 1.42. The predicted molar refractivity (Wildman–Crippen MR) is 114 cm³/mol. The van der Waals surface area contributed by atoms with Gasteiger partial charge in [-0.3, -0.25) is 9.78 Å². The molecule has 0 aliphatic heterocycles. The molecule has 6 nitrogen and oxygen atoms in total. The van der Waals surface area contributed by atoms with Gasteiger partial charge in [-0.2, -0.15) is 5.10 Å². The maximum atomic E-state index is 12.1. The monoisotopic (exact) mass is 382 g/mol. The zero-order valence-corrected chi connectivity index (χ0v) is 15.6. The number of amides is 1. The van der Waals surface area contributed by atoms with E-state index in [1.807, 2.05) is 59.3 Å². The van der Waals surface area contributed by atoms with Crippen LogP contribution in [0, 0.1) is 12.3 Å². The molecule has 2 aromatic heterocycles. The lowest BCUT2D eigenvalue weighted by Crippen LogP contribution is -2.24. The van der Waals surface area contributed by atoms with Crippen molar-refractivity contribution in [3.8, 4) is 18.1 Å². The summed E-state index contributed by atoms with van der Waals surface area (Å²) in [6.07, 6.45) is 10.6. The summed E-state index contributed by atoms with van der Waals surface area (Å²) < 4.78 is 7.58. The second kappa shape index (κ2) is 8.28. The average molecular weight is 382 g/mol. The first kappa shape index (κ1) is 18.3. The number of nitrogens with one attached hydrogen (secondary N) is 1. The molecule has 0 fully saturated rings. The fourth-order valence-corrected chi connectivity index (χ4v) is 3.15. The lowest BCUT2D eigenvalue weighted by atomic mass is 10.2. The number of hydrogen-bond acceptors (Lipinski definition) is 4. The molecule has 1 amide bonds. The molecule has 0 aliphatic carbocycles. The SMILES string of the molecule is C#CCn1cc(/C=N/NC(=O)COc2cccc3cccnc23)c2ccccc21. The summed E-state index contributed by atoms with van der Waals surface area (Å²) in [5, 5.41) is 6.02. The molecular formula is C23H18N4O2. The number of terminal acetylenes is 1. The van der Waals surface area contributed by atoms with Crippen LogP contribution in [0.3, 0.4) is 0 Å². The predicted octanol–water partition coefficient (Wildman–Crippen LogP) is 3.35. The fourth-order valence-electron chi connectivity index (χ4n) is 3.15. The first-order valence-electron chi connectivity index (χ1n) is 9.06. The van der Waals surface area contributed by atoms with Gasteiger partial charge in [0, 0.05) is 34.2 Å². The maximum Gasteiger partial charge on any atom is 0.277 e. The minimum absolute atomic E-state index is 0.161. The molecule has 1 N–H and O–H groups in total. The van der Waals surface area contributed by atoms with E-state index < -0.39 is 0 Å². The van der Waals surface area contributed by atoms with E-state index in [-0.39, 0.29) is 12.5 Å². The number of fused-ring (bicyclic) bond motifs is 2. The number of rotatable bonds is 6. The maximum absolute atomic E-state index is 12.1. The number of nitrogens with zero attached hydrogens (tertiary/aromatic N) is 3. The molecular weight excluding hydrogens is 364 g/mol. The molecule has 2 heterocycles. The minimum Gasteiger partial charge on any atom is -0.481 e. The quantitative estimate of drug-likeness (QED) is 0.316. The van der Waals surface area contributed by atoms with Crippen molar-refractivity contribution < 1.29 is 9.53 Å². The van der Waals surface area contributed by atoms with Crippen LogP contribution in [0.25, 0.3) is 21.8 Å². The number of para-hydroxylation sites is 2. The van der Waals surface area contributed by atoms with Crippen molar-refractivity contribution in [1.29, 1.82) is 0 Å².